The third kappa shape index (κ3) is 4.99. The van der Waals surface area contributed by atoms with Gasteiger partial charge in [0.05, 0.1) is 12.6 Å². The first-order valence-electron chi connectivity index (χ1n) is 5.72. The first kappa shape index (κ1) is 12.3. The van der Waals surface area contributed by atoms with Gasteiger partial charge in [-0.2, -0.15) is 0 Å². The van der Waals surface area contributed by atoms with Crippen LogP contribution in [-0.2, 0) is 4.74 Å². The van der Waals surface area contributed by atoms with Crippen molar-refractivity contribution in [1.82, 2.24) is 10.7 Å². The molecule has 1 atom stereocenters. The number of hydrogen-bond acceptors (Lipinski definition) is 3. The Bertz CT molecular complexity index is 190. The fraction of sp³-hybridized carbons (Fsp3) is 0.900. The van der Waals surface area contributed by atoms with Crippen LogP contribution < -0.4 is 16.6 Å². The van der Waals surface area contributed by atoms with Gasteiger partial charge in [-0.15, -0.1) is 0 Å². The summed E-state index contributed by atoms with van der Waals surface area (Å²) in [5.74, 6) is 6.07. The Morgan fingerprint density at radius 3 is 3.07 bits per heavy atom. The molecule has 0 aromatic heterocycles. The van der Waals surface area contributed by atoms with E-state index in [9.17, 15) is 0 Å². The molecule has 0 radical (unpaired) electrons. The molecule has 0 aromatic rings. The SMILES string of the molecule is CCCCN=C(NN)NC1CCCOC1. The van der Waals surface area contributed by atoms with Crippen LogP contribution in [0.25, 0.3) is 0 Å². The van der Waals surface area contributed by atoms with Gasteiger partial charge in [-0.05, 0) is 19.3 Å². The van der Waals surface area contributed by atoms with Crippen LogP contribution >= 0.6 is 0 Å². The van der Waals surface area contributed by atoms with Gasteiger partial charge < -0.3 is 10.1 Å². The molecule has 0 saturated carbocycles. The lowest BCUT2D eigenvalue weighted by Crippen LogP contribution is -2.49. The van der Waals surface area contributed by atoms with Crippen LogP contribution in [0, 0.1) is 0 Å². The summed E-state index contributed by atoms with van der Waals surface area (Å²) in [5.41, 5.74) is 2.59. The minimum absolute atomic E-state index is 0.343. The Balaban J connectivity index is 2.27. The number of nitrogens with one attached hydrogen (secondary N) is 2. The maximum Gasteiger partial charge on any atom is 0.206 e. The van der Waals surface area contributed by atoms with Crippen molar-refractivity contribution in [1.29, 1.82) is 0 Å². The predicted octanol–water partition coefficient (Wildman–Crippen LogP) is 0.374. The fourth-order valence-electron chi connectivity index (χ4n) is 1.53. The highest BCUT2D eigenvalue weighted by Crippen LogP contribution is 2.05. The minimum atomic E-state index is 0.343. The average Bonchev–Trinajstić information content (AvgIpc) is 2.29. The second kappa shape index (κ2) is 7.48. The largest absolute Gasteiger partial charge is 0.379 e. The van der Waals surface area contributed by atoms with E-state index in [1.807, 2.05) is 0 Å². The van der Waals surface area contributed by atoms with E-state index in [0.29, 0.717) is 12.0 Å². The third-order valence-electron chi connectivity index (χ3n) is 2.42. The summed E-state index contributed by atoms with van der Waals surface area (Å²) in [6.45, 7) is 4.58. The number of rotatable bonds is 4. The fourth-order valence-corrected chi connectivity index (χ4v) is 1.53. The van der Waals surface area contributed by atoms with Crippen molar-refractivity contribution in [2.24, 2.45) is 10.8 Å². The highest BCUT2D eigenvalue weighted by molar-refractivity contribution is 5.79. The second-order valence-corrected chi connectivity index (χ2v) is 3.79. The van der Waals surface area contributed by atoms with Gasteiger partial charge in [-0.25, -0.2) is 5.84 Å². The highest BCUT2D eigenvalue weighted by atomic mass is 16.5. The Morgan fingerprint density at radius 1 is 1.60 bits per heavy atom. The summed E-state index contributed by atoms with van der Waals surface area (Å²) < 4.78 is 5.37. The van der Waals surface area contributed by atoms with Crippen molar-refractivity contribution in [3.8, 4) is 0 Å². The van der Waals surface area contributed by atoms with E-state index in [-0.39, 0.29) is 0 Å². The van der Waals surface area contributed by atoms with Crippen LogP contribution in [0.3, 0.4) is 0 Å². The van der Waals surface area contributed by atoms with Crippen molar-refractivity contribution < 1.29 is 4.74 Å². The standard InChI is InChI=1S/C10H22N4O/c1-2-3-6-12-10(14-11)13-9-5-4-7-15-8-9/h9H,2-8,11H2,1H3,(H2,12,13,14). The van der Waals surface area contributed by atoms with Crippen molar-refractivity contribution in [3.05, 3.63) is 0 Å². The predicted molar refractivity (Wildman–Crippen MR) is 61.5 cm³/mol. The van der Waals surface area contributed by atoms with E-state index in [1.54, 1.807) is 0 Å². The van der Waals surface area contributed by atoms with Gasteiger partial charge in [-0.1, -0.05) is 13.3 Å². The van der Waals surface area contributed by atoms with Gasteiger partial charge >= 0.3 is 0 Å². The maximum atomic E-state index is 5.39. The van der Waals surface area contributed by atoms with Gasteiger partial charge in [0.1, 0.15) is 0 Å². The molecule has 5 heteroatoms. The van der Waals surface area contributed by atoms with Crippen molar-refractivity contribution >= 4 is 5.96 Å². The van der Waals surface area contributed by atoms with E-state index in [0.717, 1.165) is 45.4 Å². The summed E-state index contributed by atoms with van der Waals surface area (Å²) in [7, 11) is 0. The second-order valence-electron chi connectivity index (χ2n) is 3.79. The lowest BCUT2D eigenvalue weighted by Gasteiger charge is -2.24. The number of ether oxygens (including phenoxy) is 1. The Morgan fingerprint density at radius 2 is 2.47 bits per heavy atom. The van der Waals surface area contributed by atoms with E-state index in [2.05, 4.69) is 22.7 Å². The molecule has 1 aliphatic rings. The molecule has 1 unspecified atom stereocenters. The highest BCUT2D eigenvalue weighted by Gasteiger charge is 2.14. The molecule has 0 aromatic carbocycles. The zero-order chi connectivity index (χ0) is 10.9. The number of hydrogen-bond donors (Lipinski definition) is 3. The van der Waals surface area contributed by atoms with E-state index < -0.39 is 0 Å². The number of aliphatic imine (C=N–C) groups is 1. The molecule has 1 aliphatic heterocycles. The Labute approximate surface area is 91.4 Å². The number of guanidine groups is 1. The smallest absolute Gasteiger partial charge is 0.206 e. The number of unbranched alkanes of at least 4 members (excludes halogenated alkanes) is 1. The number of nitrogens with two attached hydrogens (primary N) is 1. The molecule has 0 bridgehead atoms. The normalized spacial score (nSPS) is 22.5. The van der Waals surface area contributed by atoms with Crippen molar-refractivity contribution in [2.75, 3.05) is 19.8 Å². The summed E-state index contributed by atoms with van der Waals surface area (Å²) in [5, 5.41) is 3.25. The molecule has 0 spiro atoms. The monoisotopic (exact) mass is 214 g/mol. The molecule has 5 nitrogen and oxygen atoms in total. The van der Waals surface area contributed by atoms with Crippen molar-refractivity contribution in [3.63, 3.8) is 0 Å². The molecular formula is C10H22N4O. The van der Waals surface area contributed by atoms with E-state index >= 15 is 0 Å². The van der Waals surface area contributed by atoms with Crippen LogP contribution in [0.2, 0.25) is 0 Å². The lowest BCUT2D eigenvalue weighted by molar-refractivity contribution is 0.0761. The number of nitrogens with zero attached hydrogens (tertiary/aromatic N) is 1. The molecule has 15 heavy (non-hydrogen) atoms. The molecule has 0 aliphatic carbocycles. The molecule has 1 heterocycles. The van der Waals surface area contributed by atoms with Crippen LogP contribution in [0.5, 0.6) is 0 Å². The zero-order valence-corrected chi connectivity index (χ0v) is 9.46. The molecule has 1 saturated heterocycles. The van der Waals surface area contributed by atoms with Crippen molar-refractivity contribution in [2.45, 2.75) is 38.6 Å². The first-order chi connectivity index (χ1) is 7.36. The van der Waals surface area contributed by atoms with Crippen LogP contribution in [0.1, 0.15) is 32.6 Å². The van der Waals surface area contributed by atoms with Gasteiger partial charge in [0.25, 0.3) is 0 Å². The quantitative estimate of drug-likeness (QED) is 0.208. The average molecular weight is 214 g/mol. The minimum Gasteiger partial charge on any atom is -0.379 e. The van der Waals surface area contributed by atoms with Crippen LogP contribution in [0.15, 0.2) is 4.99 Å². The molecular weight excluding hydrogens is 192 g/mol. The van der Waals surface area contributed by atoms with E-state index in [1.165, 1.54) is 0 Å². The van der Waals surface area contributed by atoms with Gasteiger partial charge in [0, 0.05) is 13.2 Å². The molecule has 88 valence electrons. The summed E-state index contributed by atoms with van der Waals surface area (Å²) >= 11 is 0. The maximum absolute atomic E-state index is 5.39. The van der Waals surface area contributed by atoms with Gasteiger partial charge in [0.15, 0.2) is 0 Å². The first-order valence-corrected chi connectivity index (χ1v) is 5.72. The van der Waals surface area contributed by atoms with Crippen LogP contribution in [0.4, 0.5) is 0 Å². The summed E-state index contributed by atoms with van der Waals surface area (Å²) in [6, 6.07) is 0.343. The zero-order valence-electron chi connectivity index (χ0n) is 9.46. The summed E-state index contributed by atoms with van der Waals surface area (Å²) in [4.78, 5) is 4.34. The van der Waals surface area contributed by atoms with Crippen LogP contribution in [-0.4, -0.2) is 31.8 Å². The van der Waals surface area contributed by atoms with Gasteiger partial charge in [0.2, 0.25) is 5.96 Å². The Kier molecular flexibility index (Phi) is 6.11. The molecule has 4 N–H and O–H groups in total. The molecule has 1 fully saturated rings. The topological polar surface area (TPSA) is 71.7 Å². The Hall–Kier alpha value is -0.810. The molecule has 1 rings (SSSR count). The number of hydrazine groups is 1. The van der Waals surface area contributed by atoms with E-state index in [4.69, 9.17) is 10.6 Å². The molecule has 0 amide bonds. The summed E-state index contributed by atoms with van der Waals surface area (Å²) in [6.07, 6.45) is 4.46. The lowest BCUT2D eigenvalue weighted by atomic mass is 10.1. The third-order valence-corrected chi connectivity index (χ3v) is 2.42. The van der Waals surface area contributed by atoms with Gasteiger partial charge in [-0.3, -0.25) is 10.4 Å².